The molecule has 0 amide bonds. The van der Waals surface area contributed by atoms with E-state index in [2.05, 4.69) is 109 Å². The maximum absolute atomic E-state index is 5.11. The van der Waals surface area contributed by atoms with Gasteiger partial charge in [-0.25, -0.2) is 15.0 Å². The molecular weight excluding hydrogens is 543 g/mol. The van der Waals surface area contributed by atoms with Crippen molar-refractivity contribution >= 4 is 31.5 Å². The minimum Gasteiger partial charge on any atom is -0.208 e. The third kappa shape index (κ3) is 4.88. The Morgan fingerprint density at radius 2 is 0.767 bits per heavy atom. The summed E-state index contributed by atoms with van der Waals surface area (Å²) in [6.07, 6.45) is 0. The second kappa shape index (κ2) is 10.8. The molecule has 0 saturated carbocycles. The summed E-state index contributed by atoms with van der Waals surface area (Å²) in [7, 11) is 0. The summed E-state index contributed by atoms with van der Waals surface area (Å²) in [5.74, 6) is 1.97. The van der Waals surface area contributed by atoms with Gasteiger partial charge >= 0.3 is 0 Å². The van der Waals surface area contributed by atoms with Gasteiger partial charge in [0.05, 0.1) is 0 Å². The standard InChI is InChI=1S/C39H25N3S/c1-4-12-26(13-5-1)30-22-31(27-14-6-2-7-15-27)24-32(23-30)39-41-37(28-16-8-3-9-17-28)40-38(42-39)29-20-21-34-33-18-10-11-19-35(33)43-36(34)25-29/h1-25H. The van der Waals surface area contributed by atoms with Gasteiger partial charge in [-0.3, -0.25) is 0 Å². The molecule has 8 aromatic rings. The normalized spacial score (nSPS) is 11.3. The van der Waals surface area contributed by atoms with Crippen LogP contribution in [0.4, 0.5) is 0 Å². The van der Waals surface area contributed by atoms with Crippen LogP contribution in [0, 0.1) is 0 Å². The van der Waals surface area contributed by atoms with Gasteiger partial charge in [0, 0.05) is 36.9 Å². The molecule has 3 nitrogen and oxygen atoms in total. The molecule has 2 aromatic heterocycles. The number of rotatable bonds is 5. The second-order valence-corrected chi connectivity index (χ2v) is 11.6. The van der Waals surface area contributed by atoms with Crippen LogP contribution < -0.4 is 0 Å². The number of hydrogen-bond donors (Lipinski definition) is 0. The fourth-order valence-electron chi connectivity index (χ4n) is 5.57. The zero-order valence-corrected chi connectivity index (χ0v) is 24.0. The van der Waals surface area contributed by atoms with Crippen molar-refractivity contribution in [3.8, 4) is 56.4 Å². The van der Waals surface area contributed by atoms with Gasteiger partial charge < -0.3 is 0 Å². The molecule has 0 fully saturated rings. The van der Waals surface area contributed by atoms with Crippen LogP contribution in [0.3, 0.4) is 0 Å². The molecular formula is C39H25N3S. The van der Waals surface area contributed by atoms with Gasteiger partial charge in [-0.15, -0.1) is 11.3 Å². The predicted octanol–water partition coefficient (Wildman–Crippen LogP) is 10.6. The van der Waals surface area contributed by atoms with E-state index in [0.29, 0.717) is 17.5 Å². The largest absolute Gasteiger partial charge is 0.208 e. The molecule has 8 rings (SSSR count). The molecule has 0 unspecified atom stereocenters. The Morgan fingerprint density at radius 1 is 0.302 bits per heavy atom. The third-order valence-corrected chi connectivity index (χ3v) is 8.84. The number of benzene rings is 6. The predicted molar refractivity (Wildman–Crippen MR) is 180 cm³/mol. The number of thiophene rings is 1. The number of aromatic nitrogens is 3. The number of fused-ring (bicyclic) bond motifs is 3. The first kappa shape index (κ1) is 25.3. The molecule has 0 N–H and O–H groups in total. The zero-order chi connectivity index (χ0) is 28.6. The molecule has 0 bridgehead atoms. The summed E-state index contributed by atoms with van der Waals surface area (Å²) in [5, 5.41) is 2.53. The van der Waals surface area contributed by atoms with Gasteiger partial charge in [0.15, 0.2) is 17.5 Å². The van der Waals surface area contributed by atoms with Gasteiger partial charge in [-0.2, -0.15) is 0 Å². The molecule has 2 heterocycles. The molecule has 0 saturated heterocycles. The summed E-state index contributed by atoms with van der Waals surface area (Å²) < 4.78 is 2.50. The van der Waals surface area contributed by atoms with Crippen LogP contribution >= 0.6 is 11.3 Å². The molecule has 0 radical (unpaired) electrons. The lowest BCUT2D eigenvalue weighted by Gasteiger charge is -2.12. The Labute approximate surface area is 253 Å². The topological polar surface area (TPSA) is 38.7 Å². The first-order valence-electron chi connectivity index (χ1n) is 14.3. The van der Waals surface area contributed by atoms with E-state index in [-0.39, 0.29) is 0 Å². The van der Waals surface area contributed by atoms with E-state index in [4.69, 9.17) is 15.0 Å². The van der Waals surface area contributed by atoms with Gasteiger partial charge in [-0.05, 0) is 52.6 Å². The van der Waals surface area contributed by atoms with Crippen LogP contribution in [0.25, 0.3) is 76.6 Å². The van der Waals surface area contributed by atoms with Crippen molar-refractivity contribution in [1.82, 2.24) is 15.0 Å². The lowest BCUT2D eigenvalue weighted by atomic mass is 9.96. The second-order valence-electron chi connectivity index (χ2n) is 10.5. The summed E-state index contributed by atoms with van der Waals surface area (Å²) in [6, 6.07) is 52.8. The first-order valence-corrected chi connectivity index (χ1v) is 15.1. The minimum absolute atomic E-state index is 0.648. The van der Waals surface area contributed by atoms with Crippen molar-refractivity contribution < 1.29 is 0 Å². The van der Waals surface area contributed by atoms with Gasteiger partial charge in [0.1, 0.15) is 0 Å². The first-order chi connectivity index (χ1) is 21.3. The molecule has 0 aliphatic rings. The maximum atomic E-state index is 5.11. The summed E-state index contributed by atoms with van der Waals surface area (Å²) in [5.41, 5.74) is 7.41. The highest BCUT2D eigenvalue weighted by Crippen LogP contribution is 2.37. The van der Waals surface area contributed by atoms with Crippen LogP contribution in [0.2, 0.25) is 0 Å². The Balaban J connectivity index is 1.34. The van der Waals surface area contributed by atoms with Crippen LogP contribution in [0.1, 0.15) is 0 Å². The average Bonchev–Trinajstić information content (AvgIpc) is 3.47. The fourth-order valence-corrected chi connectivity index (χ4v) is 6.71. The quantitative estimate of drug-likeness (QED) is 0.208. The van der Waals surface area contributed by atoms with Gasteiger partial charge in [0.2, 0.25) is 0 Å². The highest BCUT2D eigenvalue weighted by Gasteiger charge is 2.16. The van der Waals surface area contributed by atoms with Crippen LogP contribution in [0.15, 0.2) is 152 Å². The Hall–Kier alpha value is -5.45. The average molecular weight is 568 g/mol. The van der Waals surface area contributed by atoms with Crippen molar-refractivity contribution in [1.29, 1.82) is 0 Å². The highest BCUT2D eigenvalue weighted by atomic mass is 32.1. The fraction of sp³-hybridized carbons (Fsp3) is 0. The molecule has 4 heteroatoms. The minimum atomic E-state index is 0.648. The van der Waals surface area contributed by atoms with Crippen molar-refractivity contribution in [3.05, 3.63) is 152 Å². The molecule has 43 heavy (non-hydrogen) atoms. The van der Waals surface area contributed by atoms with Crippen molar-refractivity contribution in [2.45, 2.75) is 0 Å². The van der Waals surface area contributed by atoms with Crippen molar-refractivity contribution in [2.24, 2.45) is 0 Å². The van der Waals surface area contributed by atoms with Crippen LogP contribution in [-0.4, -0.2) is 15.0 Å². The SMILES string of the molecule is c1ccc(-c2cc(-c3ccccc3)cc(-c3nc(-c4ccccc4)nc(-c4ccc5c(c4)sc4ccccc45)n3)c2)cc1. The summed E-state index contributed by atoms with van der Waals surface area (Å²) in [4.78, 5) is 15.2. The number of hydrogen-bond acceptors (Lipinski definition) is 4. The molecule has 0 aliphatic carbocycles. The van der Waals surface area contributed by atoms with Crippen molar-refractivity contribution in [3.63, 3.8) is 0 Å². The van der Waals surface area contributed by atoms with Gasteiger partial charge in [0.25, 0.3) is 0 Å². The number of nitrogens with zero attached hydrogens (tertiary/aromatic N) is 3. The summed E-state index contributed by atoms with van der Waals surface area (Å²) >= 11 is 1.80. The molecule has 202 valence electrons. The monoisotopic (exact) mass is 567 g/mol. The lowest BCUT2D eigenvalue weighted by molar-refractivity contribution is 1.07. The Bertz CT molecular complexity index is 2170. The van der Waals surface area contributed by atoms with Crippen LogP contribution in [0.5, 0.6) is 0 Å². The molecule has 6 aromatic carbocycles. The zero-order valence-electron chi connectivity index (χ0n) is 23.2. The van der Waals surface area contributed by atoms with Crippen LogP contribution in [-0.2, 0) is 0 Å². The molecule has 0 aliphatic heterocycles. The highest BCUT2D eigenvalue weighted by molar-refractivity contribution is 7.25. The van der Waals surface area contributed by atoms with E-state index in [0.717, 1.165) is 38.9 Å². The van der Waals surface area contributed by atoms with E-state index >= 15 is 0 Å². The smallest absolute Gasteiger partial charge is 0.164 e. The Kier molecular flexibility index (Phi) is 6.32. The van der Waals surface area contributed by atoms with E-state index in [1.807, 2.05) is 42.5 Å². The van der Waals surface area contributed by atoms with E-state index in [9.17, 15) is 0 Å². The maximum Gasteiger partial charge on any atom is 0.164 e. The van der Waals surface area contributed by atoms with E-state index in [1.165, 1.54) is 20.2 Å². The molecule has 0 atom stereocenters. The van der Waals surface area contributed by atoms with Gasteiger partial charge in [-0.1, -0.05) is 121 Å². The third-order valence-electron chi connectivity index (χ3n) is 7.71. The van der Waals surface area contributed by atoms with E-state index in [1.54, 1.807) is 11.3 Å². The lowest BCUT2D eigenvalue weighted by Crippen LogP contribution is -2.00. The Morgan fingerprint density at radius 3 is 1.40 bits per heavy atom. The van der Waals surface area contributed by atoms with E-state index < -0.39 is 0 Å². The molecule has 0 spiro atoms. The van der Waals surface area contributed by atoms with Crippen molar-refractivity contribution in [2.75, 3.05) is 0 Å². The summed E-state index contributed by atoms with van der Waals surface area (Å²) in [6.45, 7) is 0.